The molecule has 0 spiro atoms. The van der Waals surface area contributed by atoms with Crippen LogP contribution in [-0.2, 0) is 0 Å². The van der Waals surface area contributed by atoms with Crippen LogP contribution in [0.25, 0.3) is 5.69 Å². The van der Waals surface area contributed by atoms with E-state index in [-0.39, 0.29) is 11.9 Å². The predicted octanol–water partition coefficient (Wildman–Crippen LogP) is 2.35. The van der Waals surface area contributed by atoms with Gasteiger partial charge in [-0.15, -0.1) is 0 Å². The molecule has 4 nitrogen and oxygen atoms in total. The molecule has 0 saturated carbocycles. The lowest BCUT2D eigenvalue weighted by Crippen LogP contribution is -2.12. The molecule has 0 fully saturated rings. The highest BCUT2D eigenvalue weighted by molar-refractivity contribution is 5.46. The van der Waals surface area contributed by atoms with E-state index in [9.17, 15) is 4.39 Å². The van der Waals surface area contributed by atoms with Crippen LogP contribution >= 0.6 is 0 Å². The molecule has 1 heterocycles. The van der Waals surface area contributed by atoms with Crippen LogP contribution in [0.2, 0.25) is 0 Å². The van der Waals surface area contributed by atoms with Crippen molar-refractivity contribution in [1.82, 2.24) is 14.8 Å². The van der Waals surface area contributed by atoms with Crippen molar-refractivity contribution in [2.24, 2.45) is 5.73 Å². The SMILES string of the molecule is Cc1nc(C)n(-c2cc(C)c(F)cc2C(C)N)n1. The van der Waals surface area contributed by atoms with Crippen molar-refractivity contribution in [3.05, 3.63) is 40.7 Å². The number of hydrogen-bond donors (Lipinski definition) is 1. The molecule has 0 aliphatic heterocycles. The molecular weight excluding hydrogens is 231 g/mol. The van der Waals surface area contributed by atoms with Crippen LogP contribution in [0, 0.1) is 26.6 Å². The minimum atomic E-state index is -0.265. The van der Waals surface area contributed by atoms with Gasteiger partial charge in [0, 0.05) is 6.04 Å². The first-order chi connectivity index (χ1) is 8.40. The van der Waals surface area contributed by atoms with Crippen molar-refractivity contribution < 1.29 is 4.39 Å². The van der Waals surface area contributed by atoms with Gasteiger partial charge in [-0.3, -0.25) is 0 Å². The maximum Gasteiger partial charge on any atom is 0.148 e. The fourth-order valence-corrected chi connectivity index (χ4v) is 1.98. The number of aryl methyl sites for hydroxylation is 3. The number of rotatable bonds is 2. The molecule has 1 unspecified atom stereocenters. The molecule has 2 aromatic rings. The van der Waals surface area contributed by atoms with Crippen molar-refractivity contribution in [2.45, 2.75) is 33.7 Å². The summed E-state index contributed by atoms with van der Waals surface area (Å²) in [7, 11) is 0. The van der Waals surface area contributed by atoms with Crippen molar-refractivity contribution >= 4 is 0 Å². The van der Waals surface area contributed by atoms with Crippen LogP contribution in [0.5, 0.6) is 0 Å². The van der Waals surface area contributed by atoms with Gasteiger partial charge < -0.3 is 5.73 Å². The van der Waals surface area contributed by atoms with Gasteiger partial charge in [0.05, 0.1) is 5.69 Å². The third-order valence-electron chi connectivity index (χ3n) is 2.90. The van der Waals surface area contributed by atoms with Crippen molar-refractivity contribution in [2.75, 3.05) is 0 Å². The van der Waals surface area contributed by atoms with E-state index in [1.54, 1.807) is 17.7 Å². The molecule has 1 aromatic heterocycles. The molecule has 1 aromatic carbocycles. The van der Waals surface area contributed by atoms with Crippen molar-refractivity contribution in [1.29, 1.82) is 0 Å². The zero-order chi connectivity index (χ0) is 13.4. The summed E-state index contributed by atoms with van der Waals surface area (Å²) in [5.74, 6) is 1.20. The Morgan fingerprint density at radius 3 is 2.44 bits per heavy atom. The summed E-state index contributed by atoms with van der Waals surface area (Å²) in [6.07, 6.45) is 0. The van der Waals surface area contributed by atoms with Crippen molar-refractivity contribution in [3.63, 3.8) is 0 Å². The quantitative estimate of drug-likeness (QED) is 0.887. The topological polar surface area (TPSA) is 56.7 Å². The number of hydrogen-bond acceptors (Lipinski definition) is 3. The van der Waals surface area contributed by atoms with E-state index in [1.165, 1.54) is 6.07 Å². The highest BCUT2D eigenvalue weighted by Crippen LogP contribution is 2.24. The Morgan fingerprint density at radius 1 is 1.28 bits per heavy atom. The average molecular weight is 248 g/mol. The van der Waals surface area contributed by atoms with E-state index in [0.29, 0.717) is 11.4 Å². The highest BCUT2D eigenvalue weighted by Gasteiger charge is 2.15. The monoisotopic (exact) mass is 248 g/mol. The standard InChI is InChI=1S/C13H17FN4/c1-7-5-13(11(8(2)15)6-12(7)14)18-10(4)16-9(3)17-18/h5-6,8H,15H2,1-4H3. The van der Waals surface area contributed by atoms with Gasteiger partial charge in [-0.25, -0.2) is 14.1 Å². The Hall–Kier alpha value is -1.75. The first kappa shape index (κ1) is 12.7. The summed E-state index contributed by atoms with van der Waals surface area (Å²) in [6, 6.07) is 2.97. The fourth-order valence-electron chi connectivity index (χ4n) is 1.98. The minimum absolute atomic E-state index is 0.249. The Morgan fingerprint density at radius 2 is 1.94 bits per heavy atom. The second-order valence-electron chi connectivity index (χ2n) is 4.57. The summed E-state index contributed by atoms with van der Waals surface area (Å²) in [6.45, 7) is 7.24. The smallest absolute Gasteiger partial charge is 0.148 e. The average Bonchev–Trinajstić information content (AvgIpc) is 2.61. The number of nitrogens with zero attached hydrogens (tertiary/aromatic N) is 3. The molecule has 96 valence electrons. The molecule has 0 saturated heterocycles. The lowest BCUT2D eigenvalue weighted by atomic mass is 10.0. The van der Waals surface area contributed by atoms with E-state index in [4.69, 9.17) is 5.73 Å². The summed E-state index contributed by atoms with van der Waals surface area (Å²) >= 11 is 0. The molecule has 0 radical (unpaired) electrons. The number of halogens is 1. The van der Waals surface area contributed by atoms with Crippen LogP contribution in [0.1, 0.15) is 35.7 Å². The van der Waals surface area contributed by atoms with Gasteiger partial charge >= 0.3 is 0 Å². The summed E-state index contributed by atoms with van der Waals surface area (Å²) < 4.78 is 15.3. The van der Waals surface area contributed by atoms with Gasteiger partial charge in [0.25, 0.3) is 0 Å². The molecule has 0 aliphatic rings. The van der Waals surface area contributed by atoms with Gasteiger partial charge in [-0.1, -0.05) is 0 Å². The number of aromatic nitrogens is 3. The highest BCUT2D eigenvalue weighted by atomic mass is 19.1. The second-order valence-corrected chi connectivity index (χ2v) is 4.57. The van der Waals surface area contributed by atoms with Gasteiger partial charge in [0.15, 0.2) is 0 Å². The first-order valence-corrected chi connectivity index (χ1v) is 5.86. The van der Waals surface area contributed by atoms with Gasteiger partial charge in [0.1, 0.15) is 17.5 Å². The molecule has 18 heavy (non-hydrogen) atoms. The van der Waals surface area contributed by atoms with Gasteiger partial charge in [0.2, 0.25) is 0 Å². The van der Waals surface area contributed by atoms with Gasteiger partial charge in [-0.2, -0.15) is 5.10 Å². The Labute approximate surface area is 106 Å². The van der Waals surface area contributed by atoms with Crippen LogP contribution < -0.4 is 5.73 Å². The lowest BCUT2D eigenvalue weighted by Gasteiger charge is -2.15. The Bertz CT molecular complexity index is 587. The van der Waals surface area contributed by atoms with Crippen molar-refractivity contribution in [3.8, 4) is 5.69 Å². The molecule has 5 heteroatoms. The van der Waals surface area contributed by atoms with E-state index in [0.717, 1.165) is 17.1 Å². The van der Waals surface area contributed by atoms with Crippen LogP contribution in [0.4, 0.5) is 4.39 Å². The Kier molecular flexibility index (Phi) is 3.17. The van der Waals surface area contributed by atoms with E-state index < -0.39 is 0 Å². The molecule has 1 atom stereocenters. The fraction of sp³-hybridized carbons (Fsp3) is 0.385. The third kappa shape index (κ3) is 2.13. The normalized spacial score (nSPS) is 12.8. The molecule has 2 N–H and O–H groups in total. The molecule has 0 aliphatic carbocycles. The van der Waals surface area contributed by atoms with Crippen LogP contribution in [-0.4, -0.2) is 14.8 Å². The largest absolute Gasteiger partial charge is 0.324 e. The zero-order valence-electron chi connectivity index (χ0n) is 11.0. The third-order valence-corrected chi connectivity index (χ3v) is 2.90. The second kappa shape index (κ2) is 4.49. The lowest BCUT2D eigenvalue weighted by molar-refractivity contribution is 0.610. The van der Waals surface area contributed by atoms with Crippen LogP contribution in [0.15, 0.2) is 12.1 Å². The summed E-state index contributed by atoms with van der Waals surface area (Å²) in [5, 5.41) is 4.32. The maximum absolute atomic E-state index is 13.6. The molecule has 0 amide bonds. The number of nitrogens with two attached hydrogens (primary N) is 1. The number of benzene rings is 1. The van der Waals surface area contributed by atoms with E-state index >= 15 is 0 Å². The maximum atomic E-state index is 13.6. The van der Waals surface area contributed by atoms with E-state index in [2.05, 4.69) is 10.1 Å². The molecule has 0 bridgehead atoms. The van der Waals surface area contributed by atoms with E-state index in [1.807, 2.05) is 20.8 Å². The minimum Gasteiger partial charge on any atom is -0.324 e. The molecule has 2 rings (SSSR count). The predicted molar refractivity (Wildman–Crippen MR) is 68.1 cm³/mol. The van der Waals surface area contributed by atoms with Gasteiger partial charge in [-0.05, 0) is 51.0 Å². The Balaban J connectivity index is 2.69. The van der Waals surface area contributed by atoms with Crippen LogP contribution in [0.3, 0.4) is 0 Å². The summed E-state index contributed by atoms with van der Waals surface area (Å²) in [4.78, 5) is 4.26. The molecular formula is C13H17FN4. The first-order valence-electron chi connectivity index (χ1n) is 5.86. The zero-order valence-corrected chi connectivity index (χ0v) is 11.0. The summed E-state index contributed by atoms with van der Waals surface area (Å²) in [5.41, 5.74) is 7.99.